The van der Waals surface area contributed by atoms with Crippen molar-refractivity contribution in [1.82, 2.24) is 9.38 Å². The monoisotopic (exact) mass is 174 g/mol. The van der Waals surface area contributed by atoms with Gasteiger partial charge in [-0.3, -0.25) is 0 Å². The average molecular weight is 174 g/mol. The lowest BCUT2D eigenvalue weighted by molar-refractivity contribution is -0.107. The smallest absolute Gasteiger partial charge is 0.139 e. The third-order valence-electron chi connectivity index (χ3n) is 2.02. The van der Waals surface area contributed by atoms with Crippen molar-refractivity contribution in [2.45, 2.75) is 13.3 Å². The number of hydrogen-bond donors (Lipinski definition) is 0. The number of rotatable bonds is 2. The molecule has 0 spiro atoms. The zero-order valence-electron chi connectivity index (χ0n) is 7.40. The number of fused-ring (bicyclic) bond motifs is 1. The number of carbonyl (C=O) groups is 1. The third-order valence-corrected chi connectivity index (χ3v) is 2.02. The van der Waals surface area contributed by atoms with Gasteiger partial charge in [0.05, 0.1) is 5.69 Å². The fourth-order valence-electron chi connectivity index (χ4n) is 1.39. The summed E-state index contributed by atoms with van der Waals surface area (Å²) in [5.41, 5.74) is 2.88. The lowest BCUT2D eigenvalue weighted by Crippen LogP contribution is -1.84. The van der Waals surface area contributed by atoms with Crippen molar-refractivity contribution < 1.29 is 4.79 Å². The first-order valence-corrected chi connectivity index (χ1v) is 4.18. The van der Waals surface area contributed by atoms with Gasteiger partial charge in [0.25, 0.3) is 0 Å². The van der Waals surface area contributed by atoms with Gasteiger partial charge >= 0.3 is 0 Å². The molecule has 0 aliphatic heterocycles. The molecule has 0 aliphatic carbocycles. The van der Waals surface area contributed by atoms with Crippen LogP contribution in [0, 0.1) is 6.92 Å². The molecule has 0 unspecified atom stereocenters. The first-order valence-electron chi connectivity index (χ1n) is 4.18. The Morgan fingerprint density at radius 3 is 3.15 bits per heavy atom. The molecule has 0 aromatic carbocycles. The van der Waals surface area contributed by atoms with Crippen molar-refractivity contribution in [2.24, 2.45) is 0 Å². The second-order valence-electron chi connectivity index (χ2n) is 3.03. The van der Waals surface area contributed by atoms with Gasteiger partial charge < -0.3 is 9.20 Å². The molecule has 0 bridgehead atoms. The maximum Gasteiger partial charge on any atom is 0.139 e. The maximum atomic E-state index is 10.3. The Bertz CT molecular complexity index is 445. The van der Waals surface area contributed by atoms with Crippen molar-refractivity contribution in [3.05, 3.63) is 35.8 Å². The molecule has 2 heterocycles. The summed E-state index contributed by atoms with van der Waals surface area (Å²) in [4.78, 5) is 14.6. The van der Waals surface area contributed by atoms with Crippen LogP contribution in [0.4, 0.5) is 0 Å². The summed E-state index contributed by atoms with van der Waals surface area (Å²) in [6.07, 6.45) is 5.08. The fraction of sp³-hybridized carbons (Fsp3) is 0.200. The molecule has 0 fully saturated rings. The van der Waals surface area contributed by atoms with Gasteiger partial charge in [-0.2, -0.15) is 0 Å². The molecule has 0 aliphatic rings. The summed E-state index contributed by atoms with van der Waals surface area (Å²) in [6.45, 7) is 2.01. The summed E-state index contributed by atoms with van der Waals surface area (Å²) in [6, 6.07) is 3.97. The fourth-order valence-corrected chi connectivity index (χ4v) is 1.39. The molecule has 66 valence electrons. The normalized spacial score (nSPS) is 10.5. The molecule has 2 rings (SSSR count). The largest absolute Gasteiger partial charge is 0.307 e. The standard InChI is InChI=1S/C10H10N2O/c1-8-3-2-5-12-7-9(4-6-13)11-10(8)12/h2-3,5-7H,4H2,1H3. The highest BCUT2D eigenvalue weighted by molar-refractivity contribution is 5.56. The van der Waals surface area contributed by atoms with Crippen LogP contribution in [0.5, 0.6) is 0 Å². The van der Waals surface area contributed by atoms with Gasteiger partial charge in [-0.1, -0.05) is 6.07 Å². The van der Waals surface area contributed by atoms with Crippen molar-refractivity contribution in [3.63, 3.8) is 0 Å². The van der Waals surface area contributed by atoms with E-state index in [-0.39, 0.29) is 0 Å². The molecule has 3 nitrogen and oxygen atoms in total. The highest BCUT2D eigenvalue weighted by atomic mass is 16.1. The second-order valence-corrected chi connectivity index (χ2v) is 3.03. The van der Waals surface area contributed by atoms with Crippen LogP contribution in [0.3, 0.4) is 0 Å². The van der Waals surface area contributed by atoms with Gasteiger partial charge in [-0.05, 0) is 18.6 Å². The Morgan fingerprint density at radius 1 is 1.62 bits per heavy atom. The molecular formula is C10H10N2O. The Balaban J connectivity index is 2.61. The van der Waals surface area contributed by atoms with Crippen molar-refractivity contribution in [3.8, 4) is 0 Å². The van der Waals surface area contributed by atoms with E-state index in [4.69, 9.17) is 0 Å². The summed E-state index contributed by atoms with van der Waals surface area (Å²) in [5.74, 6) is 0. The summed E-state index contributed by atoms with van der Waals surface area (Å²) in [5, 5.41) is 0. The minimum atomic E-state index is 0.390. The van der Waals surface area contributed by atoms with Crippen molar-refractivity contribution >= 4 is 11.9 Å². The molecule has 3 heteroatoms. The Labute approximate surface area is 76.0 Å². The van der Waals surface area contributed by atoms with Crippen molar-refractivity contribution in [2.75, 3.05) is 0 Å². The zero-order chi connectivity index (χ0) is 9.26. The van der Waals surface area contributed by atoms with E-state index < -0.39 is 0 Å². The molecule has 2 aromatic rings. The van der Waals surface area contributed by atoms with Crippen LogP contribution >= 0.6 is 0 Å². The average Bonchev–Trinajstić information content (AvgIpc) is 2.49. The first kappa shape index (κ1) is 7.98. The van der Waals surface area contributed by atoms with E-state index in [1.807, 2.05) is 35.9 Å². The number of nitrogens with zero attached hydrogens (tertiary/aromatic N) is 2. The van der Waals surface area contributed by atoms with Crippen LogP contribution in [-0.2, 0) is 11.2 Å². The molecule has 0 saturated heterocycles. The van der Waals surface area contributed by atoms with Crippen LogP contribution in [-0.4, -0.2) is 15.7 Å². The number of aryl methyl sites for hydroxylation is 1. The topological polar surface area (TPSA) is 34.4 Å². The van der Waals surface area contributed by atoms with E-state index >= 15 is 0 Å². The van der Waals surface area contributed by atoms with Gasteiger partial charge in [0.1, 0.15) is 11.9 Å². The van der Waals surface area contributed by atoms with Gasteiger partial charge in [0.2, 0.25) is 0 Å². The van der Waals surface area contributed by atoms with E-state index in [1.54, 1.807) is 0 Å². The summed E-state index contributed by atoms with van der Waals surface area (Å²) in [7, 11) is 0. The molecule has 0 atom stereocenters. The first-order chi connectivity index (χ1) is 6.31. The summed E-state index contributed by atoms with van der Waals surface area (Å²) >= 11 is 0. The Hall–Kier alpha value is -1.64. The number of aromatic nitrogens is 2. The van der Waals surface area contributed by atoms with E-state index in [9.17, 15) is 4.79 Å². The lowest BCUT2D eigenvalue weighted by Gasteiger charge is -1.93. The number of carbonyl (C=O) groups excluding carboxylic acids is 1. The van der Waals surface area contributed by atoms with Gasteiger partial charge in [0, 0.05) is 18.8 Å². The van der Waals surface area contributed by atoms with E-state index in [1.165, 1.54) is 0 Å². The molecular weight excluding hydrogens is 164 g/mol. The molecule has 2 aromatic heterocycles. The summed E-state index contributed by atoms with van der Waals surface area (Å²) < 4.78 is 1.94. The second kappa shape index (κ2) is 3.01. The number of pyridine rings is 1. The molecule has 0 radical (unpaired) electrons. The van der Waals surface area contributed by atoms with Crippen LogP contribution in [0.2, 0.25) is 0 Å². The number of imidazole rings is 1. The number of aldehydes is 1. The van der Waals surface area contributed by atoms with Gasteiger partial charge in [0.15, 0.2) is 0 Å². The maximum absolute atomic E-state index is 10.3. The lowest BCUT2D eigenvalue weighted by atomic mass is 10.3. The third kappa shape index (κ3) is 1.33. The predicted octanol–water partition coefficient (Wildman–Crippen LogP) is 1.38. The Kier molecular flexibility index (Phi) is 1.85. The predicted molar refractivity (Wildman–Crippen MR) is 49.7 cm³/mol. The molecule has 0 saturated carbocycles. The van der Waals surface area contributed by atoms with E-state index in [2.05, 4.69) is 4.98 Å². The molecule has 0 amide bonds. The van der Waals surface area contributed by atoms with Gasteiger partial charge in [-0.15, -0.1) is 0 Å². The minimum absolute atomic E-state index is 0.390. The van der Waals surface area contributed by atoms with Crippen LogP contribution in [0.15, 0.2) is 24.5 Å². The van der Waals surface area contributed by atoms with Crippen LogP contribution in [0.1, 0.15) is 11.3 Å². The van der Waals surface area contributed by atoms with E-state index in [0.717, 1.165) is 23.2 Å². The van der Waals surface area contributed by atoms with Gasteiger partial charge in [-0.25, -0.2) is 4.98 Å². The minimum Gasteiger partial charge on any atom is -0.307 e. The highest BCUT2D eigenvalue weighted by Crippen LogP contribution is 2.09. The van der Waals surface area contributed by atoms with Crippen LogP contribution in [0.25, 0.3) is 5.65 Å². The zero-order valence-corrected chi connectivity index (χ0v) is 7.40. The SMILES string of the molecule is Cc1cccn2cc(CC=O)nc12. The number of hydrogen-bond acceptors (Lipinski definition) is 2. The van der Waals surface area contributed by atoms with E-state index in [0.29, 0.717) is 6.42 Å². The van der Waals surface area contributed by atoms with Crippen molar-refractivity contribution in [1.29, 1.82) is 0 Å². The Morgan fingerprint density at radius 2 is 2.46 bits per heavy atom. The molecule has 0 N–H and O–H groups in total. The highest BCUT2D eigenvalue weighted by Gasteiger charge is 2.01. The van der Waals surface area contributed by atoms with Crippen LogP contribution < -0.4 is 0 Å². The quantitative estimate of drug-likeness (QED) is 0.645. The molecule has 13 heavy (non-hydrogen) atoms.